The van der Waals surface area contributed by atoms with Gasteiger partial charge in [0, 0.05) is 69.7 Å². The van der Waals surface area contributed by atoms with Gasteiger partial charge in [0.1, 0.15) is 6.04 Å². The zero-order valence-electron chi connectivity index (χ0n) is 18.7. The molecular weight excluding hydrogens is 451 g/mol. The third-order valence-electron chi connectivity index (χ3n) is 7.07. The molecule has 3 saturated heterocycles. The van der Waals surface area contributed by atoms with E-state index < -0.39 is 0 Å². The Morgan fingerprint density at radius 2 is 2.17 bits per heavy atom. The van der Waals surface area contributed by atoms with Crippen LogP contribution in [0.4, 0.5) is 4.79 Å². The predicted molar refractivity (Wildman–Crippen MR) is 117 cm³/mol. The third-order valence-corrected chi connectivity index (χ3v) is 7.07. The second kappa shape index (κ2) is 10.1. The molecule has 3 fully saturated rings. The number of alkyl carbamates (subject to hydrolysis) is 1. The Balaban J connectivity index is 0.00000160. The monoisotopic (exact) mass is 485 g/mol. The van der Waals surface area contributed by atoms with Crippen molar-refractivity contribution in [2.24, 2.45) is 11.8 Å². The van der Waals surface area contributed by atoms with Crippen molar-refractivity contribution < 1.29 is 46.7 Å². The fraction of sp³-hybridized carbons (Fsp3) is 0.500. The molecule has 0 saturated carbocycles. The molecule has 1 radical (unpaired) electrons. The van der Waals surface area contributed by atoms with Crippen molar-refractivity contribution in [3.8, 4) is 0 Å². The number of piperidine rings is 3. The minimum Gasteiger partial charge on any atom is -0.435 e. The Labute approximate surface area is 206 Å². The van der Waals surface area contributed by atoms with Crippen molar-refractivity contribution in [3.05, 3.63) is 55.9 Å². The first-order chi connectivity index (χ1) is 13.4. The number of likely N-dealkylation sites (N-methyl/N-ethyl adjacent to an activating group) is 1. The second-order valence-electron chi connectivity index (χ2n) is 8.78. The zero-order valence-corrected chi connectivity index (χ0v) is 21.6. The van der Waals surface area contributed by atoms with Crippen molar-refractivity contribution in [1.82, 2.24) is 10.3 Å². The molecule has 5 unspecified atom stereocenters. The molecular formula is C24H34N3O2Y-. The number of benzene rings is 1. The SMILES string of the molecule is [CH2-]CC1C[N+]2(C)CCC1CC2C(OC(=O)NC)c1ccnc2ccc(C)cc12.[CH3-].[Y]. The summed E-state index contributed by atoms with van der Waals surface area (Å²) in [4.78, 5) is 16.8. The summed E-state index contributed by atoms with van der Waals surface area (Å²) in [7, 11) is 3.95. The zero-order chi connectivity index (χ0) is 19.9. The van der Waals surface area contributed by atoms with Crippen LogP contribution in [-0.4, -0.2) is 48.8 Å². The first kappa shape index (κ1) is 25.2. The van der Waals surface area contributed by atoms with Gasteiger partial charge in [-0.05, 0) is 37.0 Å². The van der Waals surface area contributed by atoms with Gasteiger partial charge in [-0.1, -0.05) is 11.6 Å². The molecule has 3 aliphatic rings. The fourth-order valence-electron chi connectivity index (χ4n) is 5.48. The van der Waals surface area contributed by atoms with Crippen molar-refractivity contribution in [3.63, 3.8) is 0 Å². The van der Waals surface area contributed by atoms with E-state index in [-0.39, 0.29) is 58.4 Å². The number of hydrogen-bond acceptors (Lipinski definition) is 3. The van der Waals surface area contributed by atoms with Crippen LogP contribution in [0.1, 0.15) is 36.5 Å². The fourth-order valence-corrected chi connectivity index (χ4v) is 5.48. The molecule has 0 spiro atoms. The maximum atomic E-state index is 12.3. The van der Waals surface area contributed by atoms with Gasteiger partial charge >= 0.3 is 6.09 Å². The Morgan fingerprint density at radius 1 is 1.40 bits per heavy atom. The first-order valence-electron chi connectivity index (χ1n) is 10.3. The normalized spacial score (nSPS) is 28.2. The average Bonchev–Trinajstić information content (AvgIpc) is 2.71. The van der Waals surface area contributed by atoms with Gasteiger partial charge in [0.05, 0.1) is 25.7 Å². The van der Waals surface area contributed by atoms with Crippen LogP contribution in [0.15, 0.2) is 30.5 Å². The van der Waals surface area contributed by atoms with Crippen LogP contribution in [0.2, 0.25) is 0 Å². The minimum absolute atomic E-state index is 0. The van der Waals surface area contributed by atoms with Crippen molar-refractivity contribution in [2.75, 3.05) is 27.2 Å². The van der Waals surface area contributed by atoms with E-state index in [0.717, 1.165) is 46.9 Å². The Hall–Kier alpha value is -1.04. The van der Waals surface area contributed by atoms with E-state index in [1.54, 1.807) is 7.05 Å². The molecule has 2 aromatic rings. The molecule has 30 heavy (non-hydrogen) atoms. The number of carbonyl (C=O) groups excluding carboxylic acids is 1. The molecule has 1 aromatic heterocycles. The summed E-state index contributed by atoms with van der Waals surface area (Å²) in [5.74, 6) is 1.35. The second-order valence-corrected chi connectivity index (χ2v) is 8.78. The van der Waals surface area contributed by atoms with E-state index in [2.05, 4.69) is 43.3 Å². The third kappa shape index (κ3) is 4.58. The molecule has 1 amide bonds. The molecule has 161 valence electrons. The van der Waals surface area contributed by atoms with E-state index in [1.165, 1.54) is 12.0 Å². The van der Waals surface area contributed by atoms with Crippen LogP contribution < -0.4 is 5.32 Å². The van der Waals surface area contributed by atoms with E-state index in [0.29, 0.717) is 11.8 Å². The van der Waals surface area contributed by atoms with Crippen molar-refractivity contribution >= 4 is 17.0 Å². The Morgan fingerprint density at radius 3 is 2.83 bits per heavy atom. The quantitative estimate of drug-likeness (QED) is 0.514. The minimum atomic E-state index is -0.370. The summed E-state index contributed by atoms with van der Waals surface area (Å²) in [5, 5.41) is 3.73. The van der Waals surface area contributed by atoms with Crippen LogP contribution in [0.25, 0.3) is 10.9 Å². The number of nitrogens with one attached hydrogen (secondary N) is 1. The van der Waals surface area contributed by atoms with E-state index in [9.17, 15) is 4.79 Å². The van der Waals surface area contributed by atoms with E-state index in [4.69, 9.17) is 4.74 Å². The van der Waals surface area contributed by atoms with E-state index >= 15 is 0 Å². The molecule has 1 aromatic carbocycles. The number of aryl methyl sites for hydroxylation is 1. The van der Waals surface area contributed by atoms with Crippen LogP contribution in [0.5, 0.6) is 0 Å². The smallest absolute Gasteiger partial charge is 0.407 e. The van der Waals surface area contributed by atoms with Crippen molar-refractivity contribution in [2.45, 2.75) is 38.3 Å². The molecule has 4 heterocycles. The largest absolute Gasteiger partial charge is 0.435 e. The molecule has 6 heteroatoms. The molecule has 0 aliphatic carbocycles. The molecule has 5 nitrogen and oxygen atoms in total. The Kier molecular flexibility index (Phi) is 8.46. The number of nitrogens with zero attached hydrogens (tertiary/aromatic N) is 2. The standard InChI is InChI=1S/C23H31N3O2.CH3.Y/c1-5-16-14-26(4)11-9-17(16)13-21(26)22(28-23(27)24-3)18-8-10-25-20-7-6-15(2)12-19(18)20;;/h6-8,10,12,16-17,21-22H,1,5,9,11,13-14H2,2-4H3,(H,24,27);1H3;/q;-1;. The molecule has 1 N–H and O–H groups in total. The van der Waals surface area contributed by atoms with Gasteiger partial charge in [-0.2, -0.15) is 6.42 Å². The summed E-state index contributed by atoms with van der Waals surface area (Å²) in [5.41, 5.74) is 3.20. The molecule has 2 bridgehead atoms. The van der Waals surface area contributed by atoms with Crippen LogP contribution >= 0.6 is 0 Å². The number of pyridine rings is 1. The number of amides is 1. The summed E-state index contributed by atoms with van der Waals surface area (Å²) in [6.45, 7) is 8.53. The van der Waals surface area contributed by atoms with Crippen LogP contribution in [0, 0.1) is 33.1 Å². The molecule has 3 aliphatic heterocycles. The maximum absolute atomic E-state index is 12.3. The van der Waals surface area contributed by atoms with E-state index in [1.807, 2.05) is 18.3 Å². The van der Waals surface area contributed by atoms with Gasteiger partial charge in [0.2, 0.25) is 0 Å². The summed E-state index contributed by atoms with van der Waals surface area (Å²) >= 11 is 0. The summed E-state index contributed by atoms with van der Waals surface area (Å²) < 4.78 is 7.00. The number of ether oxygens (including phenoxy) is 1. The number of carbonyl (C=O) groups is 1. The Bertz CT molecular complexity index is 890. The van der Waals surface area contributed by atoms with Gasteiger partial charge in [-0.3, -0.25) is 4.98 Å². The van der Waals surface area contributed by atoms with Gasteiger partial charge in [0.15, 0.2) is 6.10 Å². The maximum Gasteiger partial charge on any atom is 0.407 e. The summed E-state index contributed by atoms with van der Waals surface area (Å²) in [6, 6.07) is 8.57. The predicted octanol–water partition coefficient (Wildman–Crippen LogP) is 4.47. The van der Waals surface area contributed by atoms with Gasteiger partial charge < -0.3 is 28.9 Å². The average molecular weight is 485 g/mol. The number of rotatable bonds is 4. The molecule has 5 rings (SSSR count). The van der Waals surface area contributed by atoms with Gasteiger partial charge in [-0.25, -0.2) is 4.79 Å². The number of hydrogen-bond donors (Lipinski definition) is 1. The van der Waals surface area contributed by atoms with Crippen molar-refractivity contribution in [1.29, 1.82) is 0 Å². The first-order valence-corrected chi connectivity index (χ1v) is 10.3. The summed E-state index contributed by atoms with van der Waals surface area (Å²) in [6.07, 6.45) is 4.49. The van der Waals surface area contributed by atoms with Gasteiger partial charge in [-0.15, -0.1) is 0 Å². The van der Waals surface area contributed by atoms with Crippen LogP contribution in [-0.2, 0) is 37.4 Å². The topological polar surface area (TPSA) is 51.2 Å². The number of fused-ring (bicyclic) bond motifs is 4. The number of aromatic nitrogens is 1. The van der Waals surface area contributed by atoms with Crippen LogP contribution in [0.3, 0.4) is 0 Å². The van der Waals surface area contributed by atoms with Gasteiger partial charge in [0.25, 0.3) is 0 Å². The number of quaternary nitrogens is 1. The molecule has 5 atom stereocenters.